The Morgan fingerprint density at radius 2 is 2.24 bits per heavy atom. The molecule has 0 bridgehead atoms. The molecular weight excluding hydrogens is 292 g/mol. The largest absolute Gasteiger partial charge is 0.507 e. The zero-order valence-electron chi connectivity index (χ0n) is 10.8. The van der Waals surface area contributed by atoms with Crippen molar-refractivity contribution in [3.05, 3.63) is 36.5 Å². The third kappa shape index (κ3) is 2.66. The number of halogens is 1. The summed E-state index contributed by atoms with van der Waals surface area (Å²) < 4.78 is 5.56. The number of nitrogens with zero attached hydrogens (tertiary/aromatic N) is 3. The number of aromatic hydroxyl groups is 1. The molecule has 3 aromatic rings. The fraction of sp³-hybridized carbons (Fsp3) is 0.0714. The van der Waals surface area contributed by atoms with Gasteiger partial charge in [0.2, 0.25) is 5.89 Å². The van der Waals surface area contributed by atoms with Gasteiger partial charge in [-0.15, -0.1) is 11.6 Å². The number of amidine groups is 1. The number of oxazole rings is 1. The predicted molar refractivity (Wildman–Crippen MR) is 80.9 cm³/mol. The van der Waals surface area contributed by atoms with Crippen LogP contribution in [0.15, 0.2) is 45.9 Å². The number of pyridine rings is 1. The summed E-state index contributed by atoms with van der Waals surface area (Å²) in [4.78, 5) is 12.4. The summed E-state index contributed by atoms with van der Waals surface area (Å²) in [5.74, 6) is 0.682. The molecule has 0 unspecified atom stereocenters. The molecule has 0 saturated heterocycles. The van der Waals surface area contributed by atoms with Crippen molar-refractivity contribution in [2.45, 2.75) is 0 Å². The van der Waals surface area contributed by atoms with E-state index in [1.807, 2.05) is 0 Å². The highest BCUT2D eigenvalue weighted by Gasteiger charge is 2.13. The third-order valence-corrected chi connectivity index (χ3v) is 3.06. The molecule has 21 heavy (non-hydrogen) atoms. The topological polar surface area (TPSA) is 97.5 Å². The van der Waals surface area contributed by atoms with E-state index in [2.05, 4.69) is 15.0 Å². The first-order valence-corrected chi connectivity index (χ1v) is 6.65. The van der Waals surface area contributed by atoms with Crippen molar-refractivity contribution in [2.75, 3.05) is 5.88 Å². The van der Waals surface area contributed by atoms with Gasteiger partial charge < -0.3 is 15.3 Å². The number of hydrogen-bond acceptors (Lipinski definition) is 5. The van der Waals surface area contributed by atoms with Crippen LogP contribution in [0, 0.1) is 0 Å². The van der Waals surface area contributed by atoms with E-state index in [1.165, 1.54) is 6.07 Å². The fourth-order valence-electron chi connectivity index (χ4n) is 1.85. The van der Waals surface area contributed by atoms with Gasteiger partial charge in [-0.25, -0.2) is 9.98 Å². The lowest BCUT2D eigenvalue weighted by molar-refractivity contribution is 0.474. The second-order valence-electron chi connectivity index (χ2n) is 4.28. The molecule has 0 fully saturated rings. The first kappa shape index (κ1) is 13.4. The molecule has 0 aliphatic heterocycles. The van der Waals surface area contributed by atoms with Crippen molar-refractivity contribution in [2.24, 2.45) is 10.7 Å². The quantitative estimate of drug-likeness (QED) is 0.440. The Kier molecular flexibility index (Phi) is 3.45. The molecule has 0 aliphatic carbocycles. The summed E-state index contributed by atoms with van der Waals surface area (Å²) in [6, 6.07) is 8.33. The number of phenolic OH excluding ortho intramolecular Hbond substituents is 1. The number of aliphatic imine (C=N–C) groups is 1. The van der Waals surface area contributed by atoms with Gasteiger partial charge in [0.25, 0.3) is 0 Å². The Labute approximate surface area is 124 Å². The van der Waals surface area contributed by atoms with E-state index in [-0.39, 0.29) is 17.5 Å². The minimum atomic E-state index is -0.00909. The third-order valence-electron chi connectivity index (χ3n) is 2.79. The standard InChI is InChI=1S/C14H11ClN4O2/c15-7-12(16)18-8-3-4-9(10(20)6-8)14-19-13-11(21-14)2-1-5-17-13/h1-6,20H,7H2,(H2,16,18). The molecule has 7 heteroatoms. The van der Waals surface area contributed by atoms with Gasteiger partial charge in [-0.3, -0.25) is 0 Å². The lowest BCUT2D eigenvalue weighted by Gasteiger charge is -2.02. The average Bonchev–Trinajstić information content (AvgIpc) is 2.90. The number of nitrogens with two attached hydrogens (primary N) is 1. The number of hydrogen-bond donors (Lipinski definition) is 2. The van der Waals surface area contributed by atoms with Crippen molar-refractivity contribution >= 4 is 34.4 Å². The van der Waals surface area contributed by atoms with Gasteiger partial charge in [0.05, 0.1) is 17.1 Å². The molecule has 3 rings (SSSR count). The van der Waals surface area contributed by atoms with Gasteiger partial charge in [-0.05, 0) is 24.3 Å². The highest BCUT2D eigenvalue weighted by Crippen LogP contribution is 2.33. The van der Waals surface area contributed by atoms with Crippen molar-refractivity contribution in [1.29, 1.82) is 0 Å². The Morgan fingerprint density at radius 3 is 2.95 bits per heavy atom. The Balaban J connectivity index is 2.03. The van der Waals surface area contributed by atoms with Crippen molar-refractivity contribution in [3.8, 4) is 17.2 Å². The summed E-state index contributed by atoms with van der Waals surface area (Å²) >= 11 is 5.56. The summed E-state index contributed by atoms with van der Waals surface area (Å²) in [7, 11) is 0. The first-order valence-electron chi connectivity index (χ1n) is 6.11. The van der Waals surface area contributed by atoms with E-state index in [0.29, 0.717) is 28.4 Å². The molecule has 2 heterocycles. The van der Waals surface area contributed by atoms with Crippen LogP contribution in [0.1, 0.15) is 0 Å². The van der Waals surface area contributed by atoms with Crippen molar-refractivity contribution < 1.29 is 9.52 Å². The SMILES string of the molecule is NC(CCl)=Nc1ccc(-c2nc3ncccc3o2)c(O)c1. The van der Waals surface area contributed by atoms with Crippen LogP contribution in [0.4, 0.5) is 5.69 Å². The minimum absolute atomic E-state index is 0.00909. The number of aromatic nitrogens is 2. The van der Waals surface area contributed by atoms with Crippen LogP contribution in [0.5, 0.6) is 5.75 Å². The molecule has 0 saturated carbocycles. The molecule has 0 radical (unpaired) electrons. The van der Waals surface area contributed by atoms with E-state index in [0.717, 1.165) is 0 Å². The Hall–Kier alpha value is -2.60. The molecule has 6 nitrogen and oxygen atoms in total. The summed E-state index contributed by atoms with van der Waals surface area (Å²) in [6.07, 6.45) is 1.63. The van der Waals surface area contributed by atoms with Gasteiger partial charge >= 0.3 is 0 Å². The lowest BCUT2D eigenvalue weighted by atomic mass is 10.2. The first-order chi connectivity index (χ1) is 10.2. The van der Waals surface area contributed by atoms with Gasteiger partial charge in [0.15, 0.2) is 11.2 Å². The Morgan fingerprint density at radius 1 is 1.38 bits per heavy atom. The maximum absolute atomic E-state index is 10.1. The monoisotopic (exact) mass is 302 g/mol. The second-order valence-corrected chi connectivity index (χ2v) is 4.55. The average molecular weight is 303 g/mol. The van der Waals surface area contributed by atoms with Gasteiger partial charge in [0, 0.05) is 12.3 Å². The van der Waals surface area contributed by atoms with Crippen LogP contribution >= 0.6 is 11.6 Å². The number of benzene rings is 1. The zero-order valence-corrected chi connectivity index (χ0v) is 11.6. The summed E-state index contributed by atoms with van der Waals surface area (Å²) in [5, 5.41) is 10.1. The molecular formula is C14H11ClN4O2. The van der Waals surface area contributed by atoms with Crippen LogP contribution in [-0.2, 0) is 0 Å². The molecule has 0 spiro atoms. The number of alkyl halides is 1. The van der Waals surface area contributed by atoms with E-state index >= 15 is 0 Å². The van der Waals surface area contributed by atoms with Crippen LogP contribution < -0.4 is 5.73 Å². The maximum Gasteiger partial charge on any atom is 0.232 e. The van der Waals surface area contributed by atoms with Crippen molar-refractivity contribution in [3.63, 3.8) is 0 Å². The zero-order chi connectivity index (χ0) is 14.8. The van der Waals surface area contributed by atoms with Crippen LogP contribution in [0.2, 0.25) is 0 Å². The molecule has 0 atom stereocenters. The summed E-state index contributed by atoms with van der Waals surface area (Å²) in [5.41, 5.74) is 7.55. The van der Waals surface area contributed by atoms with Crippen LogP contribution in [0.25, 0.3) is 22.7 Å². The predicted octanol–water partition coefficient (Wildman–Crippen LogP) is 2.82. The lowest BCUT2D eigenvalue weighted by Crippen LogP contribution is -2.12. The fourth-order valence-corrected chi connectivity index (χ4v) is 1.91. The highest BCUT2D eigenvalue weighted by molar-refractivity contribution is 6.28. The second kappa shape index (κ2) is 5.41. The minimum Gasteiger partial charge on any atom is -0.507 e. The maximum atomic E-state index is 10.1. The molecule has 106 valence electrons. The van der Waals surface area contributed by atoms with E-state index < -0.39 is 0 Å². The Bertz CT molecular complexity index is 796. The van der Waals surface area contributed by atoms with E-state index in [9.17, 15) is 5.11 Å². The molecule has 1 aromatic carbocycles. The van der Waals surface area contributed by atoms with Gasteiger partial charge in [-0.1, -0.05) is 0 Å². The van der Waals surface area contributed by atoms with Gasteiger partial charge in [-0.2, -0.15) is 4.98 Å². The molecule has 3 N–H and O–H groups in total. The number of fused-ring (bicyclic) bond motifs is 1. The normalized spacial score (nSPS) is 12.0. The van der Waals surface area contributed by atoms with E-state index in [4.69, 9.17) is 21.8 Å². The van der Waals surface area contributed by atoms with Crippen LogP contribution in [-0.4, -0.2) is 26.8 Å². The molecule has 0 amide bonds. The van der Waals surface area contributed by atoms with Crippen LogP contribution in [0.3, 0.4) is 0 Å². The van der Waals surface area contributed by atoms with Crippen molar-refractivity contribution in [1.82, 2.24) is 9.97 Å². The number of rotatable bonds is 3. The molecule has 0 aliphatic rings. The van der Waals surface area contributed by atoms with Gasteiger partial charge in [0.1, 0.15) is 11.6 Å². The molecule has 2 aromatic heterocycles. The summed E-state index contributed by atoms with van der Waals surface area (Å²) in [6.45, 7) is 0. The smallest absolute Gasteiger partial charge is 0.232 e. The number of phenols is 1. The highest BCUT2D eigenvalue weighted by atomic mass is 35.5. The van der Waals surface area contributed by atoms with E-state index in [1.54, 1.807) is 30.5 Å².